The molecule has 16 heavy (non-hydrogen) atoms. The lowest BCUT2D eigenvalue weighted by molar-refractivity contribution is -0.152. The van der Waals surface area contributed by atoms with Crippen molar-refractivity contribution in [3.8, 4) is 0 Å². The number of aliphatic hydroxyl groups is 1. The van der Waals surface area contributed by atoms with Crippen LogP contribution in [0, 0.1) is 0 Å². The molecule has 0 bridgehead atoms. The maximum atomic E-state index is 11.9. The molecule has 0 radical (unpaired) electrons. The largest absolute Gasteiger partial charge is 0.480 e. The fourth-order valence-electron chi connectivity index (χ4n) is 2.25. The number of amides is 1. The van der Waals surface area contributed by atoms with Gasteiger partial charge in [-0.1, -0.05) is 0 Å². The Morgan fingerprint density at radius 1 is 1.38 bits per heavy atom. The van der Waals surface area contributed by atoms with Crippen LogP contribution in [0.3, 0.4) is 0 Å². The van der Waals surface area contributed by atoms with Crippen LogP contribution in [0.25, 0.3) is 0 Å². The number of aliphatic carboxylic acids is 1. The smallest absolute Gasteiger partial charge is 0.326 e. The molecule has 0 unspecified atom stereocenters. The molecule has 0 aliphatic carbocycles. The van der Waals surface area contributed by atoms with E-state index in [1.54, 1.807) is 0 Å². The molecule has 0 aromatic rings. The molecule has 0 saturated carbocycles. The molecule has 6 nitrogen and oxygen atoms in total. The summed E-state index contributed by atoms with van der Waals surface area (Å²) in [7, 11) is 0. The summed E-state index contributed by atoms with van der Waals surface area (Å²) in [5, 5.41) is 18.4. The highest BCUT2D eigenvalue weighted by Crippen LogP contribution is 2.23. The lowest BCUT2D eigenvalue weighted by Gasteiger charge is -2.23. The summed E-state index contributed by atoms with van der Waals surface area (Å²) >= 11 is 0. The molecule has 6 heteroatoms. The molecule has 2 fully saturated rings. The molecule has 0 aromatic carbocycles. The van der Waals surface area contributed by atoms with Crippen molar-refractivity contribution in [3.63, 3.8) is 0 Å². The Morgan fingerprint density at radius 2 is 2.12 bits per heavy atom. The minimum Gasteiger partial charge on any atom is -0.480 e. The molecular weight excluding hydrogens is 214 g/mol. The van der Waals surface area contributed by atoms with Crippen LogP contribution >= 0.6 is 0 Å². The first-order chi connectivity index (χ1) is 7.59. The van der Waals surface area contributed by atoms with E-state index in [-0.39, 0.29) is 18.9 Å². The number of hydrogen-bond acceptors (Lipinski definition) is 4. The van der Waals surface area contributed by atoms with Crippen LogP contribution in [0.5, 0.6) is 0 Å². The van der Waals surface area contributed by atoms with E-state index in [0.29, 0.717) is 13.0 Å². The maximum Gasteiger partial charge on any atom is 0.326 e. The second-order valence-electron chi connectivity index (χ2n) is 4.24. The number of carbonyl (C=O) groups excluding carboxylic acids is 1. The highest BCUT2D eigenvalue weighted by Gasteiger charge is 2.41. The Morgan fingerprint density at radius 3 is 2.69 bits per heavy atom. The number of β-amino-alcohol motifs (C(OH)–C–C–N with tert-alkyl or cyclic N) is 1. The summed E-state index contributed by atoms with van der Waals surface area (Å²) in [6.45, 7) is 0.639. The van der Waals surface area contributed by atoms with Crippen LogP contribution in [0.1, 0.15) is 19.3 Å². The zero-order chi connectivity index (χ0) is 11.7. The van der Waals surface area contributed by atoms with Gasteiger partial charge in [0.1, 0.15) is 12.1 Å². The Bertz CT molecular complexity index is 300. The van der Waals surface area contributed by atoms with Crippen LogP contribution < -0.4 is 0 Å². The van der Waals surface area contributed by atoms with E-state index in [2.05, 4.69) is 0 Å². The van der Waals surface area contributed by atoms with Gasteiger partial charge in [-0.25, -0.2) is 4.79 Å². The Labute approximate surface area is 92.8 Å². The predicted octanol–water partition coefficient (Wildman–Crippen LogP) is -0.788. The number of likely N-dealkylation sites (tertiary alicyclic amines) is 1. The fraction of sp³-hybridized carbons (Fsp3) is 0.800. The zero-order valence-electron chi connectivity index (χ0n) is 8.83. The lowest BCUT2D eigenvalue weighted by Crippen LogP contribution is -2.45. The van der Waals surface area contributed by atoms with Gasteiger partial charge >= 0.3 is 5.97 Å². The van der Waals surface area contributed by atoms with E-state index < -0.39 is 24.2 Å². The van der Waals surface area contributed by atoms with Crippen molar-refractivity contribution >= 4 is 11.9 Å². The van der Waals surface area contributed by atoms with Crippen molar-refractivity contribution in [1.29, 1.82) is 0 Å². The molecule has 0 spiro atoms. The van der Waals surface area contributed by atoms with E-state index in [1.807, 2.05) is 0 Å². The van der Waals surface area contributed by atoms with E-state index in [9.17, 15) is 14.7 Å². The van der Waals surface area contributed by atoms with Gasteiger partial charge in [-0.3, -0.25) is 4.79 Å². The normalized spacial score (nSPS) is 34.3. The van der Waals surface area contributed by atoms with Crippen LogP contribution in [0.4, 0.5) is 0 Å². The maximum absolute atomic E-state index is 11.9. The monoisotopic (exact) mass is 229 g/mol. The molecule has 90 valence electrons. The average Bonchev–Trinajstić information content (AvgIpc) is 2.84. The van der Waals surface area contributed by atoms with Gasteiger partial charge in [0.2, 0.25) is 0 Å². The first-order valence-electron chi connectivity index (χ1n) is 5.42. The van der Waals surface area contributed by atoms with E-state index in [4.69, 9.17) is 9.84 Å². The number of carbonyl (C=O) groups is 2. The second kappa shape index (κ2) is 4.39. The fourth-order valence-corrected chi connectivity index (χ4v) is 2.25. The first kappa shape index (κ1) is 11.3. The third-order valence-electron chi connectivity index (χ3n) is 3.05. The summed E-state index contributed by atoms with van der Waals surface area (Å²) < 4.78 is 5.22. The van der Waals surface area contributed by atoms with Crippen molar-refractivity contribution in [2.24, 2.45) is 0 Å². The quantitative estimate of drug-likeness (QED) is 0.648. The molecule has 1 amide bonds. The molecule has 0 aromatic heterocycles. The van der Waals surface area contributed by atoms with Crippen molar-refractivity contribution in [3.05, 3.63) is 0 Å². The van der Waals surface area contributed by atoms with E-state index >= 15 is 0 Å². The van der Waals surface area contributed by atoms with Crippen LogP contribution in [-0.2, 0) is 14.3 Å². The molecular formula is C10H15NO5. The third kappa shape index (κ3) is 2.03. The van der Waals surface area contributed by atoms with Gasteiger partial charge in [-0.15, -0.1) is 0 Å². The summed E-state index contributed by atoms with van der Waals surface area (Å²) in [5.74, 6) is -1.37. The van der Waals surface area contributed by atoms with Crippen molar-refractivity contribution in [2.45, 2.75) is 37.5 Å². The van der Waals surface area contributed by atoms with Crippen molar-refractivity contribution in [2.75, 3.05) is 13.2 Å². The number of rotatable bonds is 2. The molecule has 2 saturated heterocycles. The van der Waals surface area contributed by atoms with Crippen molar-refractivity contribution in [1.82, 2.24) is 4.90 Å². The number of carboxylic acids is 1. The third-order valence-corrected chi connectivity index (χ3v) is 3.05. The minimum atomic E-state index is -1.07. The Kier molecular flexibility index (Phi) is 3.11. The number of carboxylic acid groups (broad SMARTS) is 1. The SMILES string of the molecule is O=C(O)[C@@H]1C[C@H](O)CN1C(=O)[C@@H]1CCCO1. The van der Waals surface area contributed by atoms with Gasteiger partial charge in [-0.05, 0) is 12.8 Å². The summed E-state index contributed by atoms with van der Waals surface area (Å²) in [6, 6.07) is -0.910. The number of nitrogens with zero attached hydrogens (tertiary/aromatic N) is 1. The number of aliphatic hydroxyl groups excluding tert-OH is 1. The molecule has 2 aliphatic heterocycles. The predicted molar refractivity (Wildman–Crippen MR) is 52.7 cm³/mol. The second-order valence-corrected chi connectivity index (χ2v) is 4.24. The minimum absolute atomic E-state index is 0.0929. The zero-order valence-corrected chi connectivity index (χ0v) is 8.83. The van der Waals surface area contributed by atoms with Crippen molar-refractivity contribution < 1.29 is 24.5 Å². The highest BCUT2D eigenvalue weighted by molar-refractivity contribution is 5.87. The molecule has 2 aliphatic rings. The van der Waals surface area contributed by atoms with E-state index in [0.717, 1.165) is 6.42 Å². The lowest BCUT2D eigenvalue weighted by atomic mass is 10.2. The van der Waals surface area contributed by atoms with Crippen LogP contribution in [-0.4, -0.2) is 58.4 Å². The summed E-state index contributed by atoms with van der Waals surface area (Å²) in [4.78, 5) is 24.1. The number of hydrogen-bond donors (Lipinski definition) is 2. The van der Waals surface area contributed by atoms with Gasteiger partial charge in [0.25, 0.3) is 5.91 Å². The molecule has 2 heterocycles. The Balaban J connectivity index is 2.06. The number of ether oxygens (including phenoxy) is 1. The van der Waals surface area contributed by atoms with Gasteiger partial charge in [0.05, 0.1) is 6.10 Å². The summed E-state index contributed by atoms with van der Waals surface area (Å²) in [6.07, 6.45) is 0.300. The topological polar surface area (TPSA) is 87.1 Å². The van der Waals surface area contributed by atoms with Gasteiger partial charge in [0.15, 0.2) is 0 Å². The standard InChI is InChI=1S/C10H15NO5/c12-6-4-7(10(14)15)11(5-6)9(13)8-2-1-3-16-8/h6-8,12H,1-5H2,(H,14,15)/t6-,7-,8-/m0/s1. The van der Waals surface area contributed by atoms with Crippen LogP contribution in [0.15, 0.2) is 0 Å². The van der Waals surface area contributed by atoms with Gasteiger partial charge in [-0.2, -0.15) is 0 Å². The average molecular weight is 229 g/mol. The van der Waals surface area contributed by atoms with Gasteiger partial charge < -0.3 is 19.8 Å². The first-order valence-corrected chi connectivity index (χ1v) is 5.42. The molecule has 2 N–H and O–H groups in total. The van der Waals surface area contributed by atoms with Crippen LogP contribution in [0.2, 0.25) is 0 Å². The molecule has 3 atom stereocenters. The van der Waals surface area contributed by atoms with E-state index in [1.165, 1.54) is 4.90 Å². The Hall–Kier alpha value is -1.14. The highest BCUT2D eigenvalue weighted by atomic mass is 16.5. The molecule has 2 rings (SSSR count). The van der Waals surface area contributed by atoms with Gasteiger partial charge in [0, 0.05) is 19.6 Å². The summed E-state index contributed by atoms with van der Waals surface area (Å²) in [5.41, 5.74) is 0.